The third-order valence-electron chi connectivity index (χ3n) is 4.49. The summed E-state index contributed by atoms with van der Waals surface area (Å²) in [6, 6.07) is 10.4. The van der Waals surface area contributed by atoms with Crippen LogP contribution in [0.5, 0.6) is 0 Å². The Kier molecular flexibility index (Phi) is 6.04. The van der Waals surface area contributed by atoms with Gasteiger partial charge in [0.05, 0.1) is 11.2 Å². The highest BCUT2D eigenvalue weighted by Crippen LogP contribution is 2.27. The van der Waals surface area contributed by atoms with Crippen molar-refractivity contribution in [3.63, 3.8) is 0 Å². The molecule has 0 amide bonds. The molecule has 0 radical (unpaired) electrons. The van der Waals surface area contributed by atoms with Gasteiger partial charge < -0.3 is 10.2 Å². The molecule has 0 spiro atoms. The Morgan fingerprint density at radius 3 is 2.76 bits per heavy atom. The van der Waals surface area contributed by atoms with Gasteiger partial charge in [-0.25, -0.2) is 0 Å². The molecule has 1 aliphatic heterocycles. The number of hydrogen-bond donors (Lipinski definition) is 2. The van der Waals surface area contributed by atoms with Crippen LogP contribution in [0.4, 0.5) is 10.7 Å². The van der Waals surface area contributed by atoms with Crippen LogP contribution in [0, 0.1) is 13.8 Å². The van der Waals surface area contributed by atoms with E-state index in [1.165, 1.54) is 48.5 Å². The summed E-state index contributed by atoms with van der Waals surface area (Å²) in [7, 11) is 0. The minimum absolute atomic E-state index is 0.498. The van der Waals surface area contributed by atoms with Gasteiger partial charge in [0.25, 0.3) is 0 Å². The molecule has 2 heterocycles. The molecule has 132 valence electrons. The van der Waals surface area contributed by atoms with Crippen molar-refractivity contribution in [3.8, 4) is 0 Å². The van der Waals surface area contributed by atoms with Crippen LogP contribution in [-0.4, -0.2) is 24.4 Å². The summed E-state index contributed by atoms with van der Waals surface area (Å²) in [5, 5.41) is 9.29. The van der Waals surface area contributed by atoms with Gasteiger partial charge in [-0.05, 0) is 74.7 Å². The van der Waals surface area contributed by atoms with Crippen molar-refractivity contribution >= 4 is 45.6 Å². The van der Waals surface area contributed by atoms with Gasteiger partial charge in [-0.2, -0.15) is 5.10 Å². The van der Waals surface area contributed by atoms with Crippen LogP contribution in [0.2, 0.25) is 0 Å². The Balaban J connectivity index is 1.53. The second kappa shape index (κ2) is 8.45. The molecule has 0 unspecified atom stereocenters. The number of thiophene rings is 1. The molecule has 0 aliphatic carbocycles. The first kappa shape index (κ1) is 17.9. The fraction of sp³-hybridized carbons (Fsp3) is 0.368. The lowest BCUT2D eigenvalue weighted by Crippen LogP contribution is -2.28. The van der Waals surface area contributed by atoms with E-state index in [1.807, 2.05) is 18.3 Å². The molecular formula is C19H24N4S2. The molecule has 0 bridgehead atoms. The van der Waals surface area contributed by atoms with E-state index in [2.05, 4.69) is 52.8 Å². The van der Waals surface area contributed by atoms with E-state index in [-0.39, 0.29) is 0 Å². The van der Waals surface area contributed by atoms with Gasteiger partial charge in [-0.1, -0.05) is 12.1 Å². The van der Waals surface area contributed by atoms with Gasteiger partial charge in [0.2, 0.25) is 0 Å². The fourth-order valence-corrected chi connectivity index (χ4v) is 3.98. The highest BCUT2D eigenvalue weighted by Gasteiger charge is 2.12. The number of aryl methyl sites for hydroxylation is 1. The van der Waals surface area contributed by atoms with E-state index in [0.717, 1.165) is 10.6 Å². The van der Waals surface area contributed by atoms with Gasteiger partial charge >= 0.3 is 0 Å². The van der Waals surface area contributed by atoms with Crippen LogP contribution in [0.25, 0.3) is 0 Å². The summed E-state index contributed by atoms with van der Waals surface area (Å²) in [5.74, 6) is 0. The summed E-state index contributed by atoms with van der Waals surface area (Å²) in [4.78, 5) is 3.59. The molecular weight excluding hydrogens is 348 g/mol. The molecule has 0 atom stereocenters. The van der Waals surface area contributed by atoms with Gasteiger partial charge in [0.1, 0.15) is 0 Å². The zero-order valence-electron chi connectivity index (χ0n) is 14.7. The van der Waals surface area contributed by atoms with Crippen LogP contribution in [0.15, 0.2) is 35.4 Å². The molecule has 6 heteroatoms. The van der Waals surface area contributed by atoms with E-state index >= 15 is 0 Å². The van der Waals surface area contributed by atoms with E-state index < -0.39 is 0 Å². The van der Waals surface area contributed by atoms with E-state index in [9.17, 15) is 0 Å². The molecule has 1 saturated heterocycles. The van der Waals surface area contributed by atoms with Crippen LogP contribution in [0.1, 0.15) is 35.3 Å². The molecule has 0 saturated carbocycles. The molecule has 1 fully saturated rings. The molecule has 2 N–H and O–H groups in total. The number of nitrogens with one attached hydrogen (secondary N) is 2. The SMILES string of the molecule is Cc1cccc(NC(=S)N/N=C\c2ccc(N3CCCCC3)s2)c1C. The predicted octanol–water partition coefficient (Wildman–Crippen LogP) is 4.68. The number of benzene rings is 1. The molecule has 1 aliphatic rings. The third-order valence-corrected chi connectivity index (χ3v) is 5.77. The normalized spacial score (nSPS) is 14.7. The summed E-state index contributed by atoms with van der Waals surface area (Å²) >= 11 is 7.09. The van der Waals surface area contributed by atoms with E-state index in [1.54, 1.807) is 11.3 Å². The third kappa shape index (κ3) is 4.80. The van der Waals surface area contributed by atoms with Crippen molar-refractivity contribution in [3.05, 3.63) is 46.3 Å². The first-order valence-corrected chi connectivity index (χ1v) is 9.87. The Hall–Kier alpha value is -1.92. The first-order chi connectivity index (χ1) is 12.1. The smallest absolute Gasteiger partial charge is 0.191 e. The van der Waals surface area contributed by atoms with Crippen LogP contribution < -0.4 is 15.6 Å². The van der Waals surface area contributed by atoms with Crippen molar-refractivity contribution in [2.24, 2.45) is 5.10 Å². The zero-order valence-corrected chi connectivity index (χ0v) is 16.3. The second-order valence-corrected chi connectivity index (χ2v) is 7.80. The summed E-state index contributed by atoms with van der Waals surface area (Å²) in [5.41, 5.74) is 6.34. The maximum Gasteiger partial charge on any atom is 0.191 e. The lowest BCUT2D eigenvalue weighted by molar-refractivity contribution is 0.580. The Labute approximate surface area is 158 Å². The largest absolute Gasteiger partial charge is 0.363 e. The van der Waals surface area contributed by atoms with E-state index in [4.69, 9.17) is 12.2 Å². The highest BCUT2D eigenvalue weighted by molar-refractivity contribution is 7.80. The fourth-order valence-electron chi connectivity index (χ4n) is 2.89. The summed E-state index contributed by atoms with van der Waals surface area (Å²) in [6.45, 7) is 6.50. The highest BCUT2D eigenvalue weighted by atomic mass is 32.1. The number of hydrazone groups is 1. The summed E-state index contributed by atoms with van der Waals surface area (Å²) in [6.07, 6.45) is 5.77. The first-order valence-electron chi connectivity index (χ1n) is 8.64. The number of thiocarbonyl (C=S) groups is 1. The Morgan fingerprint density at radius 2 is 1.96 bits per heavy atom. The summed E-state index contributed by atoms with van der Waals surface area (Å²) < 4.78 is 0. The number of anilines is 2. The van der Waals surface area contributed by atoms with Crippen LogP contribution in [0.3, 0.4) is 0 Å². The van der Waals surface area contributed by atoms with Crippen molar-refractivity contribution in [2.45, 2.75) is 33.1 Å². The molecule has 3 rings (SSSR count). The molecule has 25 heavy (non-hydrogen) atoms. The average Bonchev–Trinajstić information content (AvgIpc) is 3.09. The maximum atomic E-state index is 5.32. The van der Waals surface area contributed by atoms with Gasteiger partial charge in [0, 0.05) is 23.7 Å². The lowest BCUT2D eigenvalue weighted by atomic mass is 10.1. The molecule has 2 aromatic rings. The van der Waals surface area contributed by atoms with Crippen LogP contribution >= 0.6 is 23.6 Å². The number of piperidine rings is 1. The lowest BCUT2D eigenvalue weighted by Gasteiger charge is -2.27. The van der Waals surface area contributed by atoms with Gasteiger partial charge in [-0.15, -0.1) is 11.3 Å². The average molecular weight is 373 g/mol. The topological polar surface area (TPSA) is 39.7 Å². The van der Waals surface area contributed by atoms with Gasteiger partial charge in [-0.3, -0.25) is 5.43 Å². The monoisotopic (exact) mass is 372 g/mol. The van der Waals surface area contributed by atoms with Crippen molar-refractivity contribution in [1.82, 2.24) is 5.43 Å². The number of rotatable bonds is 4. The predicted molar refractivity (Wildman–Crippen MR) is 113 cm³/mol. The molecule has 1 aromatic carbocycles. The minimum atomic E-state index is 0.498. The van der Waals surface area contributed by atoms with Crippen LogP contribution in [-0.2, 0) is 0 Å². The van der Waals surface area contributed by atoms with Crippen molar-refractivity contribution < 1.29 is 0 Å². The second-order valence-electron chi connectivity index (χ2n) is 6.30. The van der Waals surface area contributed by atoms with Crippen molar-refractivity contribution in [2.75, 3.05) is 23.3 Å². The van der Waals surface area contributed by atoms with Gasteiger partial charge in [0.15, 0.2) is 5.11 Å². The number of hydrogen-bond acceptors (Lipinski definition) is 4. The molecule has 1 aromatic heterocycles. The standard InChI is InChI=1S/C19H24N4S2/c1-14-7-6-8-17(15(14)2)21-19(24)22-20-13-16-9-10-18(25-16)23-11-4-3-5-12-23/h6-10,13H,3-5,11-12H2,1-2H3,(H2,21,22,24)/b20-13-. The minimum Gasteiger partial charge on any atom is -0.363 e. The van der Waals surface area contributed by atoms with E-state index in [0.29, 0.717) is 5.11 Å². The van der Waals surface area contributed by atoms with Crippen molar-refractivity contribution in [1.29, 1.82) is 0 Å². The quantitative estimate of drug-likeness (QED) is 0.465. The zero-order chi connectivity index (χ0) is 17.6. The Bertz CT molecular complexity index is 761. The maximum absolute atomic E-state index is 5.32. The molecule has 4 nitrogen and oxygen atoms in total. The Morgan fingerprint density at radius 1 is 1.16 bits per heavy atom. The number of nitrogens with zero attached hydrogens (tertiary/aromatic N) is 2.